The smallest absolute Gasteiger partial charge is 0.170 e. The number of Topliss-reactive ketones (excluding diaryl/α,β-unsaturated/α-hetero) is 2. The van der Waals surface area contributed by atoms with Gasteiger partial charge in [0.05, 0.1) is 6.42 Å². The van der Waals surface area contributed by atoms with Crippen molar-refractivity contribution in [3.05, 3.63) is 70.2 Å². The quantitative estimate of drug-likeness (QED) is 0.620. The molecule has 0 saturated carbocycles. The van der Waals surface area contributed by atoms with Gasteiger partial charge in [0.15, 0.2) is 11.6 Å². The zero-order chi connectivity index (χ0) is 13.8. The number of aryl methyl sites for hydroxylation is 1. The van der Waals surface area contributed by atoms with Crippen molar-refractivity contribution >= 4 is 23.2 Å². The molecule has 0 unspecified atom stereocenters. The average Bonchev–Trinajstić information content (AvgIpc) is 2.39. The Morgan fingerprint density at radius 1 is 0.947 bits per heavy atom. The lowest BCUT2D eigenvalue weighted by molar-refractivity contribution is 0.0894. The molecule has 0 aliphatic heterocycles. The second-order valence-corrected chi connectivity index (χ2v) is 4.84. The lowest BCUT2D eigenvalue weighted by Crippen LogP contribution is -2.08. The molecule has 0 fully saturated rings. The number of carbonyl (C=O) groups excluding carboxylic acids is 2. The molecule has 0 amide bonds. The molecule has 2 aromatic rings. The van der Waals surface area contributed by atoms with Crippen LogP contribution in [0.3, 0.4) is 0 Å². The first-order chi connectivity index (χ1) is 9.06. The Kier molecular flexibility index (Phi) is 4.13. The highest BCUT2D eigenvalue weighted by molar-refractivity contribution is 6.30. The minimum atomic E-state index is -0.192. The van der Waals surface area contributed by atoms with Gasteiger partial charge in [-0.1, -0.05) is 35.4 Å². The summed E-state index contributed by atoms with van der Waals surface area (Å²) < 4.78 is 0. The van der Waals surface area contributed by atoms with Crippen LogP contribution in [-0.4, -0.2) is 11.6 Å². The van der Waals surface area contributed by atoms with Crippen molar-refractivity contribution in [1.29, 1.82) is 0 Å². The normalized spacial score (nSPS) is 10.2. The Balaban J connectivity index is 2.11. The Morgan fingerprint density at radius 2 is 1.58 bits per heavy atom. The summed E-state index contributed by atoms with van der Waals surface area (Å²) in [4.78, 5) is 24.0. The van der Waals surface area contributed by atoms with E-state index in [2.05, 4.69) is 0 Å². The third-order valence-electron chi connectivity index (χ3n) is 2.83. The van der Waals surface area contributed by atoms with Crippen LogP contribution in [0.1, 0.15) is 32.7 Å². The van der Waals surface area contributed by atoms with Gasteiger partial charge in [0.25, 0.3) is 0 Å². The molecule has 0 saturated heterocycles. The molecule has 0 spiro atoms. The maximum atomic E-state index is 12.0. The van der Waals surface area contributed by atoms with Crippen molar-refractivity contribution in [3.63, 3.8) is 0 Å². The van der Waals surface area contributed by atoms with E-state index in [4.69, 9.17) is 11.6 Å². The molecule has 0 heterocycles. The van der Waals surface area contributed by atoms with Gasteiger partial charge in [-0.15, -0.1) is 0 Å². The van der Waals surface area contributed by atoms with E-state index in [9.17, 15) is 9.59 Å². The van der Waals surface area contributed by atoms with E-state index < -0.39 is 0 Å². The summed E-state index contributed by atoms with van der Waals surface area (Å²) in [5, 5.41) is 0.571. The molecule has 0 aliphatic carbocycles. The van der Waals surface area contributed by atoms with E-state index in [1.165, 1.54) is 0 Å². The largest absolute Gasteiger partial charge is 0.294 e. The topological polar surface area (TPSA) is 34.1 Å². The number of benzene rings is 2. The third kappa shape index (κ3) is 3.52. The zero-order valence-electron chi connectivity index (χ0n) is 10.5. The minimum Gasteiger partial charge on any atom is -0.294 e. The van der Waals surface area contributed by atoms with Crippen molar-refractivity contribution < 1.29 is 9.59 Å². The SMILES string of the molecule is Cc1cccc(C(=O)CC(=O)c2ccc(Cl)cc2)c1. The lowest BCUT2D eigenvalue weighted by atomic mass is 10.0. The Bertz CT molecular complexity index is 615. The van der Waals surface area contributed by atoms with Gasteiger partial charge in [-0.3, -0.25) is 9.59 Å². The van der Waals surface area contributed by atoms with Crippen molar-refractivity contribution in [2.45, 2.75) is 13.3 Å². The van der Waals surface area contributed by atoms with Gasteiger partial charge >= 0.3 is 0 Å². The van der Waals surface area contributed by atoms with Gasteiger partial charge in [-0.25, -0.2) is 0 Å². The molecule has 0 bridgehead atoms. The number of hydrogen-bond donors (Lipinski definition) is 0. The molecule has 19 heavy (non-hydrogen) atoms. The predicted molar refractivity (Wildman–Crippen MR) is 75.9 cm³/mol. The van der Waals surface area contributed by atoms with Gasteiger partial charge in [0.1, 0.15) is 0 Å². The Hall–Kier alpha value is -1.93. The van der Waals surface area contributed by atoms with Crippen LogP contribution in [0.25, 0.3) is 0 Å². The third-order valence-corrected chi connectivity index (χ3v) is 3.08. The van der Waals surface area contributed by atoms with Gasteiger partial charge in [-0.05, 0) is 37.3 Å². The van der Waals surface area contributed by atoms with Crippen molar-refractivity contribution in [1.82, 2.24) is 0 Å². The van der Waals surface area contributed by atoms with Crippen LogP contribution in [0.2, 0.25) is 5.02 Å². The van der Waals surface area contributed by atoms with E-state index in [0.717, 1.165) is 5.56 Å². The molecule has 0 aromatic heterocycles. The number of hydrogen-bond acceptors (Lipinski definition) is 2. The highest BCUT2D eigenvalue weighted by Gasteiger charge is 2.13. The van der Waals surface area contributed by atoms with Crippen LogP contribution in [-0.2, 0) is 0 Å². The highest BCUT2D eigenvalue weighted by Crippen LogP contribution is 2.13. The van der Waals surface area contributed by atoms with E-state index >= 15 is 0 Å². The van der Waals surface area contributed by atoms with Gasteiger partial charge in [0.2, 0.25) is 0 Å². The summed E-state index contributed by atoms with van der Waals surface area (Å²) >= 11 is 5.76. The second kappa shape index (κ2) is 5.81. The molecule has 0 atom stereocenters. The van der Waals surface area contributed by atoms with Crippen LogP contribution in [0, 0.1) is 6.92 Å². The first-order valence-corrected chi connectivity index (χ1v) is 6.33. The fraction of sp³-hybridized carbons (Fsp3) is 0.125. The van der Waals surface area contributed by atoms with E-state index in [-0.39, 0.29) is 18.0 Å². The second-order valence-electron chi connectivity index (χ2n) is 4.40. The van der Waals surface area contributed by atoms with Gasteiger partial charge in [-0.2, -0.15) is 0 Å². The summed E-state index contributed by atoms with van der Waals surface area (Å²) in [6.07, 6.45) is -0.120. The average molecular weight is 273 g/mol. The number of ketones is 2. The number of rotatable bonds is 4. The highest BCUT2D eigenvalue weighted by atomic mass is 35.5. The van der Waals surface area contributed by atoms with Crippen LogP contribution in [0.15, 0.2) is 48.5 Å². The maximum Gasteiger partial charge on any atom is 0.170 e. The van der Waals surface area contributed by atoms with Crippen molar-refractivity contribution in [3.8, 4) is 0 Å². The Morgan fingerprint density at radius 3 is 2.21 bits per heavy atom. The first-order valence-electron chi connectivity index (χ1n) is 5.95. The summed E-state index contributed by atoms with van der Waals surface area (Å²) in [6.45, 7) is 1.91. The molecule has 0 aliphatic rings. The summed E-state index contributed by atoms with van der Waals surface area (Å²) in [5.74, 6) is -0.355. The van der Waals surface area contributed by atoms with E-state index in [1.54, 1.807) is 36.4 Å². The van der Waals surface area contributed by atoms with Crippen LogP contribution in [0.4, 0.5) is 0 Å². The molecule has 2 nitrogen and oxygen atoms in total. The minimum absolute atomic E-state index is 0.120. The summed E-state index contributed by atoms with van der Waals surface area (Å²) in [6, 6.07) is 13.8. The summed E-state index contributed by atoms with van der Waals surface area (Å²) in [5.41, 5.74) is 2.08. The van der Waals surface area contributed by atoms with Crippen molar-refractivity contribution in [2.24, 2.45) is 0 Å². The fourth-order valence-corrected chi connectivity index (χ4v) is 1.93. The monoisotopic (exact) mass is 272 g/mol. The van der Waals surface area contributed by atoms with Crippen LogP contribution < -0.4 is 0 Å². The van der Waals surface area contributed by atoms with Gasteiger partial charge < -0.3 is 0 Å². The first kappa shape index (κ1) is 13.5. The standard InChI is InChI=1S/C16H13ClO2/c1-11-3-2-4-13(9-11)16(19)10-15(18)12-5-7-14(17)8-6-12/h2-9H,10H2,1H3. The zero-order valence-corrected chi connectivity index (χ0v) is 11.3. The molecular weight excluding hydrogens is 260 g/mol. The molecule has 0 N–H and O–H groups in total. The molecule has 2 rings (SSSR count). The van der Waals surface area contributed by atoms with Gasteiger partial charge in [0, 0.05) is 16.1 Å². The van der Waals surface area contributed by atoms with Crippen molar-refractivity contribution in [2.75, 3.05) is 0 Å². The van der Waals surface area contributed by atoms with Crippen LogP contribution in [0.5, 0.6) is 0 Å². The van der Waals surface area contributed by atoms with E-state index in [1.807, 2.05) is 19.1 Å². The molecule has 96 valence electrons. The Labute approximate surface area is 117 Å². The molecule has 0 radical (unpaired) electrons. The molecule has 2 aromatic carbocycles. The predicted octanol–water partition coefficient (Wildman–Crippen LogP) is 4.10. The number of carbonyl (C=O) groups is 2. The molecular formula is C16H13ClO2. The van der Waals surface area contributed by atoms with Crippen LogP contribution >= 0.6 is 11.6 Å². The summed E-state index contributed by atoms with van der Waals surface area (Å²) in [7, 11) is 0. The number of halogens is 1. The van der Waals surface area contributed by atoms with E-state index in [0.29, 0.717) is 16.1 Å². The molecule has 3 heteroatoms. The fourth-order valence-electron chi connectivity index (χ4n) is 1.80. The maximum absolute atomic E-state index is 12.0. The lowest BCUT2D eigenvalue weighted by Gasteiger charge is -2.02.